The van der Waals surface area contributed by atoms with Gasteiger partial charge in [-0.05, 0) is 45.0 Å². The van der Waals surface area contributed by atoms with Crippen LogP contribution in [0.1, 0.15) is 20.8 Å². The van der Waals surface area contributed by atoms with Crippen LogP contribution < -0.4 is 15.4 Å². The first-order valence-electron chi connectivity index (χ1n) is 6.83. The Morgan fingerprint density at radius 1 is 1.24 bits per heavy atom. The van der Waals surface area contributed by atoms with E-state index in [2.05, 4.69) is 9.97 Å². The van der Waals surface area contributed by atoms with Crippen LogP contribution >= 0.6 is 0 Å². The summed E-state index contributed by atoms with van der Waals surface area (Å²) >= 11 is 0. The molecule has 112 valence electrons. The van der Waals surface area contributed by atoms with Gasteiger partial charge < -0.3 is 15.4 Å². The lowest BCUT2D eigenvalue weighted by molar-refractivity contribution is 0.234. The summed E-state index contributed by atoms with van der Waals surface area (Å²) in [6.45, 7) is 6.40. The number of nitrogens with zero attached hydrogens (tertiary/aromatic N) is 3. The van der Waals surface area contributed by atoms with Crippen molar-refractivity contribution in [3.8, 4) is 5.88 Å². The number of hydrogen-bond acceptors (Lipinski definition) is 5. The number of anilines is 3. The molecule has 0 saturated carbocycles. The highest BCUT2D eigenvalue weighted by molar-refractivity contribution is 5.74. The fourth-order valence-corrected chi connectivity index (χ4v) is 1.98. The predicted molar refractivity (Wildman–Crippen MR) is 81.3 cm³/mol. The molecule has 5 nitrogen and oxygen atoms in total. The van der Waals surface area contributed by atoms with Gasteiger partial charge in [0.05, 0.1) is 6.10 Å². The van der Waals surface area contributed by atoms with Gasteiger partial charge in [-0.15, -0.1) is 0 Å². The molecule has 0 aliphatic heterocycles. The molecule has 0 amide bonds. The first-order valence-corrected chi connectivity index (χ1v) is 6.83. The molecule has 2 N–H and O–H groups in total. The molecule has 2 aromatic rings. The molecule has 6 heteroatoms. The van der Waals surface area contributed by atoms with Crippen LogP contribution in [-0.4, -0.2) is 22.6 Å². The van der Waals surface area contributed by atoms with Crippen LogP contribution in [0.15, 0.2) is 30.6 Å². The fourth-order valence-electron chi connectivity index (χ4n) is 1.98. The smallest absolute Gasteiger partial charge is 0.242 e. The number of nitrogens with two attached hydrogens (primary N) is 1. The Bertz CT molecular complexity index is 601. The second-order valence-electron chi connectivity index (χ2n) is 4.80. The van der Waals surface area contributed by atoms with E-state index >= 15 is 0 Å². The monoisotopic (exact) mass is 290 g/mol. The zero-order valence-corrected chi connectivity index (χ0v) is 12.4. The van der Waals surface area contributed by atoms with E-state index in [0.717, 1.165) is 5.69 Å². The van der Waals surface area contributed by atoms with Crippen molar-refractivity contribution < 1.29 is 9.13 Å². The first-order chi connectivity index (χ1) is 10.0. The Morgan fingerprint density at radius 3 is 2.48 bits per heavy atom. The Kier molecular flexibility index (Phi) is 4.57. The fraction of sp³-hybridized carbons (Fsp3) is 0.333. The number of halogens is 1. The Morgan fingerprint density at radius 2 is 1.90 bits per heavy atom. The van der Waals surface area contributed by atoms with E-state index in [-0.39, 0.29) is 11.9 Å². The number of ether oxygens (including phenoxy) is 1. The summed E-state index contributed by atoms with van der Waals surface area (Å²) in [7, 11) is 0. The lowest BCUT2D eigenvalue weighted by Crippen LogP contribution is -2.20. The lowest BCUT2D eigenvalue weighted by atomic mass is 10.2. The second-order valence-corrected chi connectivity index (χ2v) is 4.80. The molecule has 0 atom stereocenters. The van der Waals surface area contributed by atoms with Gasteiger partial charge in [-0.25, -0.2) is 9.37 Å². The van der Waals surface area contributed by atoms with Crippen LogP contribution in [-0.2, 0) is 0 Å². The van der Waals surface area contributed by atoms with Gasteiger partial charge in [-0.2, -0.15) is 4.98 Å². The molecule has 21 heavy (non-hydrogen) atoms. The van der Waals surface area contributed by atoms with E-state index in [1.165, 1.54) is 18.5 Å². The van der Waals surface area contributed by atoms with Crippen LogP contribution in [0.2, 0.25) is 0 Å². The van der Waals surface area contributed by atoms with Crippen molar-refractivity contribution >= 4 is 17.2 Å². The van der Waals surface area contributed by atoms with Crippen LogP contribution in [0.4, 0.5) is 21.6 Å². The Labute approximate surface area is 123 Å². The van der Waals surface area contributed by atoms with Gasteiger partial charge in [0.15, 0.2) is 5.82 Å². The molecule has 0 aliphatic carbocycles. The van der Waals surface area contributed by atoms with Gasteiger partial charge in [0.2, 0.25) is 5.88 Å². The largest absolute Gasteiger partial charge is 0.473 e. The molecule has 2 rings (SSSR count). The SMILES string of the molecule is CCN(c1ccc(F)cc1)c1ncnc(OC(C)C)c1N. The molecular weight excluding hydrogens is 271 g/mol. The maximum absolute atomic E-state index is 13.1. The maximum Gasteiger partial charge on any atom is 0.242 e. The summed E-state index contributed by atoms with van der Waals surface area (Å²) in [5, 5.41) is 0. The van der Waals surface area contributed by atoms with Crippen molar-refractivity contribution in [3.05, 3.63) is 36.4 Å². The number of rotatable bonds is 5. The van der Waals surface area contributed by atoms with Gasteiger partial charge in [-0.1, -0.05) is 0 Å². The van der Waals surface area contributed by atoms with Gasteiger partial charge in [0.1, 0.15) is 17.8 Å². The normalized spacial score (nSPS) is 10.7. The molecule has 1 aromatic heterocycles. The minimum atomic E-state index is -0.283. The third-order valence-corrected chi connectivity index (χ3v) is 2.88. The number of aromatic nitrogens is 2. The molecular formula is C15H19FN4O. The highest BCUT2D eigenvalue weighted by Crippen LogP contribution is 2.33. The third-order valence-electron chi connectivity index (χ3n) is 2.88. The van der Waals surface area contributed by atoms with Gasteiger partial charge in [0.25, 0.3) is 0 Å². The standard InChI is InChI=1S/C15H19FN4O/c1-4-20(12-7-5-11(16)6-8-12)14-13(17)15(19-9-18-14)21-10(2)3/h5-10H,4,17H2,1-3H3. The summed E-state index contributed by atoms with van der Waals surface area (Å²) < 4.78 is 18.6. The molecule has 1 aromatic carbocycles. The zero-order chi connectivity index (χ0) is 15.4. The molecule has 1 heterocycles. The first kappa shape index (κ1) is 15.0. The Balaban J connectivity index is 2.40. The van der Waals surface area contributed by atoms with Crippen LogP contribution in [0, 0.1) is 5.82 Å². The average Bonchev–Trinajstić information content (AvgIpc) is 2.45. The number of benzene rings is 1. The molecule has 0 aliphatic rings. The van der Waals surface area contributed by atoms with Crippen molar-refractivity contribution in [2.75, 3.05) is 17.2 Å². The molecule has 0 bridgehead atoms. The minimum Gasteiger partial charge on any atom is -0.473 e. The van der Waals surface area contributed by atoms with Gasteiger partial charge in [-0.3, -0.25) is 0 Å². The third kappa shape index (κ3) is 3.39. The molecule has 0 unspecified atom stereocenters. The molecule has 0 fully saturated rings. The van der Waals surface area contributed by atoms with Crippen molar-refractivity contribution in [2.45, 2.75) is 26.9 Å². The Hall–Kier alpha value is -2.37. The maximum atomic E-state index is 13.1. The van der Waals surface area contributed by atoms with Gasteiger partial charge >= 0.3 is 0 Å². The van der Waals surface area contributed by atoms with E-state index in [4.69, 9.17) is 10.5 Å². The quantitative estimate of drug-likeness (QED) is 0.916. The lowest BCUT2D eigenvalue weighted by Gasteiger charge is -2.24. The van der Waals surface area contributed by atoms with Crippen LogP contribution in [0.5, 0.6) is 5.88 Å². The average molecular weight is 290 g/mol. The molecule has 0 radical (unpaired) electrons. The van der Waals surface area contributed by atoms with E-state index in [0.29, 0.717) is 23.9 Å². The van der Waals surface area contributed by atoms with E-state index in [9.17, 15) is 4.39 Å². The summed E-state index contributed by atoms with van der Waals surface area (Å²) in [6.07, 6.45) is 1.38. The summed E-state index contributed by atoms with van der Waals surface area (Å²) in [6, 6.07) is 6.18. The van der Waals surface area contributed by atoms with Crippen molar-refractivity contribution in [1.82, 2.24) is 9.97 Å². The summed E-state index contributed by atoms with van der Waals surface area (Å²) in [4.78, 5) is 10.2. The second kappa shape index (κ2) is 6.39. The molecule has 0 spiro atoms. The number of hydrogen-bond donors (Lipinski definition) is 1. The summed E-state index contributed by atoms with van der Waals surface area (Å²) in [5.74, 6) is 0.625. The predicted octanol–water partition coefficient (Wildman–Crippen LogP) is 3.14. The van der Waals surface area contributed by atoms with E-state index in [1.54, 1.807) is 12.1 Å². The highest BCUT2D eigenvalue weighted by atomic mass is 19.1. The van der Waals surface area contributed by atoms with E-state index < -0.39 is 0 Å². The summed E-state index contributed by atoms with van der Waals surface area (Å²) in [5.41, 5.74) is 7.29. The molecule has 0 saturated heterocycles. The number of nitrogen functional groups attached to an aromatic ring is 1. The van der Waals surface area contributed by atoms with Crippen molar-refractivity contribution in [2.24, 2.45) is 0 Å². The van der Waals surface area contributed by atoms with Crippen LogP contribution in [0.25, 0.3) is 0 Å². The van der Waals surface area contributed by atoms with Crippen LogP contribution in [0.3, 0.4) is 0 Å². The minimum absolute atomic E-state index is 0.0315. The highest BCUT2D eigenvalue weighted by Gasteiger charge is 2.17. The van der Waals surface area contributed by atoms with Crippen molar-refractivity contribution in [3.63, 3.8) is 0 Å². The van der Waals surface area contributed by atoms with Gasteiger partial charge in [0, 0.05) is 12.2 Å². The van der Waals surface area contributed by atoms with E-state index in [1.807, 2.05) is 25.7 Å². The van der Waals surface area contributed by atoms with Crippen molar-refractivity contribution in [1.29, 1.82) is 0 Å². The topological polar surface area (TPSA) is 64.3 Å². The zero-order valence-electron chi connectivity index (χ0n) is 12.4.